The number of rotatable bonds is 9. The molecule has 1 aromatic heterocycles. The van der Waals surface area contributed by atoms with Gasteiger partial charge in [-0.15, -0.1) is 11.3 Å². The van der Waals surface area contributed by atoms with Gasteiger partial charge in [-0.05, 0) is 67.4 Å². The first-order valence-electron chi connectivity index (χ1n) is 9.50. The molecule has 8 heteroatoms. The number of amides is 1. The third-order valence-electron chi connectivity index (χ3n) is 4.42. The minimum absolute atomic E-state index is 0.122. The first-order valence-corrected chi connectivity index (χ1v) is 11.9. The third kappa shape index (κ3) is 6.41. The summed E-state index contributed by atoms with van der Waals surface area (Å²) in [6.45, 7) is 0.977. The highest BCUT2D eigenvalue weighted by Crippen LogP contribution is 2.20. The van der Waals surface area contributed by atoms with E-state index in [1.807, 2.05) is 38.4 Å². The monoisotopic (exact) mass is 443 g/mol. The van der Waals surface area contributed by atoms with E-state index in [1.165, 1.54) is 5.56 Å². The lowest BCUT2D eigenvalue weighted by Gasteiger charge is -2.10. The number of carbonyl (C=O) groups is 1. The standard InChI is InChI=1S/C22H25N3O3S2/c1-25(2)14-13-17-5-9-19(10-6-17)23-21(26)16-18-7-11-20(12-8-18)24-30(27,28)22-4-3-15-29-22/h3-12,15,24H,13-14,16H2,1-2H3,(H,23,26). The Balaban J connectivity index is 1.53. The van der Waals surface area contributed by atoms with E-state index in [-0.39, 0.29) is 16.5 Å². The summed E-state index contributed by atoms with van der Waals surface area (Å²) < 4.78 is 27.3. The molecular weight excluding hydrogens is 418 g/mol. The fraction of sp³-hybridized carbons (Fsp3) is 0.227. The van der Waals surface area contributed by atoms with Gasteiger partial charge >= 0.3 is 0 Å². The van der Waals surface area contributed by atoms with Crippen LogP contribution in [0.3, 0.4) is 0 Å². The summed E-state index contributed by atoms with van der Waals surface area (Å²) in [7, 11) is 0.510. The zero-order valence-corrected chi connectivity index (χ0v) is 18.6. The zero-order valence-electron chi connectivity index (χ0n) is 17.0. The number of nitrogens with zero attached hydrogens (tertiary/aromatic N) is 1. The molecule has 6 nitrogen and oxygen atoms in total. The number of sulfonamides is 1. The smallest absolute Gasteiger partial charge is 0.271 e. The van der Waals surface area contributed by atoms with E-state index in [0.29, 0.717) is 5.69 Å². The summed E-state index contributed by atoms with van der Waals surface area (Å²) in [5, 5.41) is 4.61. The van der Waals surface area contributed by atoms with Crippen molar-refractivity contribution in [3.63, 3.8) is 0 Å². The van der Waals surface area contributed by atoms with Crippen molar-refractivity contribution in [2.75, 3.05) is 30.7 Å². The molecule has 0 radical (unpaired) electrons. The van der Waals surface area contributed by atoms with Gasteiger partial charge in [0.25, 0.3) is 10.0 Å². The largest absolute Gasteiger partial charge is 0.326 e. The van der Waals surface area contributed by atoms with E-state index >= 15 is 0 Å². The molecule has 0 spiro atoms. The summed E-state index contributed by atoms with van der Waals surface area (Å²) >= 11 is 1.16. The Morgan fingerprint density at radius 2 is 1.57 bits per heavy atom. The van der Waals surface area contributed by atoms with Crippen LogP contribution in [-0.4, -0.2) is 39.9 Å². The Kier molecular flexibility index (Phi) is 7.25. The average molecular weight is 444 g/mol. The molecule has 30 heavy (non-hydrogen) atoms. The van der Waals surface area contributed by atoms with Gasteiger partial charge in [0.05, 0.1) is 6.42 Å². The Bertz CT molecular complexity index is 1060. The van der Waals surface area contributed by atoms with Crippen LogP contribution in [0.5, 0.6) is 0 Å². The Morgan fingerprint density at radius 1 is 0.933 bits per heavy atom. The van der Waals surface area contributed by atoms with Gasteiger partial charge < -0.3 is 10.2 Å². The summed E-state index contributed by atoms with van der Waals surface area (Å²) in [5.41, 5.74) is 3.24. The summed E-state index contributed by atoms with van der Waals surface area (Å²) in [5.74, 6) is -0.122. The number of nitrogens with one attached hydrogen (secondary N) is 2. The van der Waals surface area contributed by atoms with Crippen molar-refractivity contribution in [3.8, 4) is 0 Å². The Morgan fingerprint density at radius 3 is 2.17 bits per heavy atom. The van der Waals surface area contributed by atoms with Gasteiger partial charge in [0, 0.05) is 17.9 Å². The van der Waals surface area contributed by atoms with Crippen LogP contribution in [0.15, 0.2) is 70.3 Å². The molecular formula is C22H25N3O3S2. The molecule has 0 aliphatic heterocycles. The molecule has 1 amide bonds. The molecule has 0 fully saturated rings. The van der Waals surface area contributed by atoms with E-state index in [9.17, 15) is 13.2 Å². The van der Waals surface area contributed by atoms with Crippen LogP contribution in [0.1, 0.15) is 11.1 Å². The Hall–Kier alpha value is -2.68. The third-order valence-corrected chi connectivity index (χ3v) is 7.19. The van der Waals surface area contributed by atoms with Gasteiger partial charge in [0.1, 0.15) is 4.21 Å². The van der Waals surface area contributed by atoms with Crippen LogP contribution in [0.2, 0.25) is 0 Å². The molecule has 0 aliphatic carbocycles. The minimum atomic E-state index is -3.57. The van der Waals surface area contributed by atoms with E-state index in [2.05, 4.69) is 14.9 Å². The predicted molar refractivity (Wildman–Crippen MR) is 123 cm³/mol. The van der Waals surface area contributed by atoms with Crippen LogP contribution in [0.25, 0.3) is 0 Å². The molecule has 0 atom stereocenters. The van der Waals surface area contributed by atoms with Gasteiger partial charge in [-0.3, -0.25) is 9.52 Å². The SMILES string of the molecule is CN(C)CCc1ccc(NC(=O)Cc2ccc(NS(=O)(=O)c3cccs3)cc2)cc1. The van der Waals surface area contributed by atoms with E-state index in [1.54, 1.807) is 41.8 Å². The fourth-order valence-electron chi connectivity index (χ4n) is 2.81. The lowest BCUT2D eigenvalue weighted by molar-refractivity contribution is -0.115. The molecule has 0 bridgehead atoms. The second kappa shape index (κ2) is 9.88. The first-order chi connectivity index (χ1) is 14.3. The molecule has 158 valence electrons. The van der Waals surface area contributed by atoms with E-state index in [4.69, 9.17) is 0 Å². The predicted octanol–water partition coefficient (Wildman–Crippen LogP) is 3.83. The molecule has 0 saturated heterocycles. The molecule has 0 unspecified atom stereocenters. The maximum absolute atomic E-state index is 12.3. The number of hydrogen-bond acceptors (Lipinski definition) is 5. The first kappa shape index (κ1) is 22.0. The van der Waals surface area contributed by atoms with Crippen LogP contribution in [0.4, 0.5) is 11.4 Å². The molecule has 1 heterocycles. The van der Waals surface area contributed by atoms with E-state index < -0.39 is 10.0 Å². The van der Waals surface area contributed by atoms with Gasteiger partial charge in [-0.1, -0.05) is 30.3 Å². The minimum Gasteiger partial charge on any atom is -0.326 e. The maximum atomic E-state index is 12.3. The average Bonchev–Trinajstić information content (AvgIpc) is 3.25. The van der Waals surface area contributed by atoms with Crippen LogP contribution in [-0.2, 0) is 27.7 Å². The summed E-state index contributed by atoms with van der Waals surface area (Å²) in [6.07, 6.45) is 1.17. The number of hydrogen-bond donors (Lipinski definition) is 2. The second-order valence-electron chi connectivity index (χ2n) is 7.21. The second-order valence-corrected chi connectivity index (χ2v) is 10.1. The van der Waals surface area contributed by atoms with E-state index in [0.717, 1.165) is 35.6 Å². The Labute approximate surface area is 181 Å². The van der Waals surface area contributed by atoms with Crippen molar-refractivity contribution in [1.29, 1.82) is 0 Å². The molecule has 2 aromatic carbocycles. The fourth-order valence-corrected chi connectivity index (χ4v) is 4.86. The maximum Gasteiger partial charge on any atom is 0.271 e. The summed E-state index contributed by atoms with van der Waals surface area (Å²) in [6, 6.07) is 17.9. The van der Waals surface area contributed by atoms with Gasteiger partial charge in [-0.2, -0.15) is 0 Å². The summed E-state index contributed by atoms with van der Waals surface area (Å²) in [4.78, 5) is 14.5. The highest BCUT2D eigenvalue weighted by atomic mass is 32.2. The molecule has 3 rings (SSSR count). The highest BCUT2D eigenvalue weighted by molar-refractivity contribution is 7.94. The van der Waals surface area contributed by atoms with Crippen molar-refractivity contribution >= 4 is 38.6 Å². The normalized spacial score (nSPS) is 11.4. The van der Waals surface area contributed by atoms with Crippen LogP contribution in [0, 0.1) is 0 Å². The lowest BCUT2D eigenvalue weighted by atomic mass is 10.1. The van der Waals surface area contributed by atoms with Gasteiger partial charge in [0.15, 0.2) is 0 Å². The quantitative estimate of drug-likeness (QED) is 0.527. The number of anilines is 2. The number of benzene rings is 2. The van der Waals surface area contributed by atoms with Crippen molar-refractivity contribution in [3.05, 3.63) is 77.2 Å². The van der Waals surface area contributed by atoms with Crippen molar-refractivity contribution < 1.29 is 13.2 Å². The zero-order chi connectivity index (χ0) is 21.6. The van der Waals surface area contributed by atoms with Gasteiger partial charge in [0.2, 0.25) is 5.91 Å². The van der Waals surface area contributed by atoms with Gasteiger partial charge in [-0.25, -0.2) is 8.42 Å². The molecule has 0 aliphatic rings. The van der Waals surface area contributed by atoms with Crippen molar-refractivity contribution in [1.82, 2.24) is 4.90 Å². The number of likely N-dealkylation sites (N-methyl/N-ethyl adjacent to an activating group) is 1. The van der Waals surface area contributed by atoms with Crippen LogP contribution < -0.4 is 10.0 Å². The number of thiophene rings is 1. The van der Waals surface area contributed by atoms with Crippen LogP contribution >= 0.6 is 11.3 Å². The topological polar surface area (TPSA) is 78.5 Å². The van der Waals surface area contributed by atoms with Crippen molar-refractivity contribution in [2.24, 2.45) is 0 Å². The molecule has 3 aromatic rings. The number of carbonyl (C=O) groups excluding carboxylic acids is 1. The lowest BCUT2D eigenvalue weighted by Crippen LogP contribution is -2.16. The molecule has 0 saturated carbocycles. The van der Waals surface area contributed by atoms with Crippen molar-refractivity contribution in [2.45, 2.75) is 17.1 Å². The highest BCUT2D eigenvalue weighted by Gasteiger charge is 2.15. The molecule has 2 N–H and O–H groups in total.